The fourth-order valence-corrected chi connectivity index (χ4v) is 3.56. The third-order valence-corrected chi connectivity index (χ3v) is 5.36. The number of aryl methyl sites for hydroxylation is 1. The molecule has 0 saturated heterocycles. The molecule has 2 amide bonds. The van der Waals surface area contributed by atoms with Gasteiger partial charge in [0.05, 0.1) is 28.9 Å². The van der Waals surface area contributed by atoms with Crippen LogP contribution in [0.15, 0.2) is 39.8 Å². The molecule has 3 rings (SSSR count). The SMILES string of the molecule is CSc1ccccc1NC(=O)CN(C)C(=O)c1cc(C(C)C)nc2onc(C)c12. The highest BCUT2D eigenvalue weighted by Crippen LogP contribution is 2.27. The van der Waals surface area contributed by atoms with Crippen molar-refractivity contribution in [3.8, 4) is 0 Å². The number of thioether (sulfide) groups is 1. The van der Waals surface area contributed by atoms with E-state index >= 15 is 0 Å². The van der Waals surface area contributed by atoms with Crippen molar-refractivity contribution >= 4 is 40.4 Å². The summed E-state index contributed by atoms with van der Waals surface area (Å²) in [5.74, 6) is -0.425. The van der Waals surface area contributed by atoms with Gasteiger partial charge in [0.1, 0.15) is 0 Å². The van der Waals surface area contributed by atoms with Gasteiger partial charge in [-0.05, 0) is 37.3 Å². The zero-order valence-corrected chi connectivity index (χ0v) is 18.0. The van der Waals surface area contributed by atoms with Crippen molar-refractivity contribution in [3.63, 3.8) is 0 Å². The van der Waals surface area contributed by atoms with Gasteiger partial charge in [-0.15, -0.1) is 11.8 Å². The third-order valence-electron chi connectivity index (χ3n) is 4.57. The number of hydrogen-bond donors (Lipinski definition) is 1. The van der Waals surface area contributed by atoms with Crippen LogP contribution in [-0.4, -0.2) is 46.7 Å². The topological polar surface area (TPSA) is 88.3 Å². The summed E-state index contributed by atoms with van der Waals surface area (Å²) in [5, 5.41) is 7.40. The molecule has 0 atom stereocenters. The van der Waals surface area contributed by atoms with E-state index in [1.165, 1.54) is 4.90 Å². The first-order chi connectivity index (χ1) is 13.8. The van der Waals surface area contributed by atoms with Crippen LogP contribution in [0.4, 0.5) is 5.69 Å². The van der Waals surface area contributed by atoms with Gasteiger partial charge in [-0.3, -0.25) is 9.59 Å². The maximum atomic E-state index is 13.1. The van der Waals surface area contributed by atoms with Crippen molar-refractivity contribution in [2.75, 3.05) is 25.2 Å². The lowest BCUT2D eigenvalue weighted by Crippen LogP contribution is -2.35. The van der Waals surface area contributed by atoms with Gasteiger partial charge in [-0.25, -0.2) is 4.98 Å². The highest BCUT2D eigenvalue weighted by molar-refractivity contribution is 7.98. The first-order valence-electron chi connectivity index (χ1n) is 9.27. The van der Waals surface area contributed by atoms with E-state index < -0.39 is 0 Å². The van der Waals surface area contributed by atoms with Crippen LogP contribution >= 0.6 is 11.8 Å². The molecule has 0 spiro atoms. The summed E-state index contributed by atoms with van der Waals surface area (Å²) in [6, 6.07) is 9.31. The molecule has 0 aliphatic rings. The van der Waals surface area contributed by atoms with E-state index in [1.54, 1.807) is 31.8 Å². The fourth-order valence-electron chi connectivity index (χ4n) is 3.01. The Morgan fingerprint density at radius 1 is 1.28 bits per heavy atom. The number of likely N-dealkylation sites (N-methyl/N-ethyl adjacent to an activating group) is 1. The summed E-state index contributed by atoms with van der Waals surface area (Å²) >= 11 is 1.55. The second-order valence-corrected chi connectivity index (χ2v) is 7.96. The number of rotatable bonds is 6. The van der Waals surface area contributed by atoms with Crippen LogP contribution in [0.2, 0.25) is 0 Å². The normalized spacial score (nSPS) is 11.1. The number of amides is 2. The zero-order valence-electron chi connectivity index (χ0n) is 17.1. The number of para-hydroxylation sites is 1. The molecule has 1 aromatic carbocycles. The summed E-state index contributed by atoms with van der Waals surface area (Å²) in [4.78, 5) is 32.5. The first-order valence-corrected chi connectivity index (χ1v) is 10.5. The van der Waals surface area contributed by atoms with Crippen molar-refractivity contribution in [1.82, 2.24) is 15.0 Å². The molecule has 8 heteroatoms. The molecule has 0 fully saturated rings. The van der Waals surface area contributed by atoms with Crippen molar-refractivity contribution in [3.05, 3.63) is 47.3 Å². The van der Waals surface area contributed by atoms with Crippen LogP contribution in [0.3, 0.4) is 0 Å². The Hall–Kier alpha value is -2.87. The molecule has 2 aromatic heterocycles. The van der Waals surface area contributed by atoms with Gasteiger partial charge in [0.25, 0.3) is 11.6 Å². The van der Waals surface area contributed by atoms with E-state index in [-0.39, 0.29) is 24.3 Å². The van der Waals surface area contributed by atoms with Gasteiger partial charge in [-0.1, -0.05) is 31.1 Å². The van der Waals surface area contributed by atoms with Gasteiger partial charge in [0, 0.05) is 17.6 Å². The Morgan fingerprint density at radius 3 is 2.69 bits per heavy atom. The predicted molar refractivity (Wildman–Crippen MR) is 114 cm³/mol. The number of carbonyl (C=O) groups is 2. The molecule has 2 heterocycles. The number of nitrogens with zero attached hydrogens (tertiary/aromatic N) is 3. The minimum atomic E-state index is -0.279. The molecule has 152 valence electrons. The molecule has 29 heavy (non-hydrogen) atoms. The Bertz CT molecular complexity index is 1060. The minimum Gasteiger partial charge on any atom is -0.336 e. The van der Waals surface area contributed by atoms with E-state index in [9.17, 15) is 9.59 Å². The predicted octanol–water partition coefficient (Wildman–Crippen LogP) is 4.09. The van der Waals surface area contributed by atoms with Gasteiger partial charge >= 0.3 is 0 Å². The highest BCUT2D eigenvalue weighted by atomic mass is 32.2. The number of hydrogen-bond acceptors (Lipinski definition) is 6. The lowest BCUT2D eigenvalue weighted by atomic mass is 10.0. The molecule has 0 radical (unpaired) electrons. The van der Waals surface area contributed by atoms with Gasteiger partial charge in [0.2, 0.25) is 5.91 Å². The molecule has 0 saturated carbocycles. The Labute approximate surface area is 173 Å². The van der Waals surface area contributed by atoms with Crippen molar-refractivity contribution in [2.24, 2.45) is 0 Å². The van der Waals surface area contributed by atoms with E-state index in [1.807, 2.05) is 44.4 Å². The van der Waals surface area contributed by atoms with Crippen LogP contribution in [0.5, 0.6) is 0 Å². The number of aromatic nitrogens is 2. The average Bonchev–Trinajstić information content (AvgIpc) is 3.08. The van der Waals surface area contributed by atoms with Crippen LogP contribution in [-0.2, 0) is 4.79 Å². The maximum Gasteiger partial charge on any atom is 0.259 e. The van der Waals surface area contributed by atoms with Crippen LogP contribution in [0, 0.1) is 6.92 Å². The fraction of sp³-hybridized carbons (Fsp3) is 0.333. The van der Waals surface area contributed by atoms with Crippen LogP contribution in [0.25, 0.3) is 11.1 Å². The monoisotopic (exact) mass is 412 g/mol. The molecular formula is C21H24N4O3S. The number of nitrogens with one attached hydrogen (secondary N) is 1. The maximum absolute atomic E-state index is 13.1. The van der Waals surface area contributed by atoms with E-state index in [2.05, 4.69) is 15.5 Å². The Kier molecular flexibility index (Phi) is 6.22. The van der Waals surface area contributed by atoms with Crippen LogP contribution < -0.4 is 5.32 Å². The summed E-state index contributed by atoms with van der Waals surface area (Å²) in [7, 11) is 1.60. The summed E-state index contributed by atoms with van der Waals surface area (Å²) < 4.78 is 5.28. The molecule has 0 unspecified atom stereocenters. The molecule has 7 nitrogen and oxygen atoms in total. The minimum absolute atomic E-state index is 0.0767. The summed E-state index contributed by atoms with van der Waals surface area (Å²) in [6.07, 6.45) is 1.95. The van der Waals surface area contributed by atoms with Crippen molar-refractivity contribution in [1.29, 1.82) is 0 Å². The van der Waals surface area contributed by atoms with Crippen molar-refractivity contribution in [2.45, 2.75) is 31.6 Å². The number of benzene rings is 1. The van der Waals surface area contributed by atoms with E-state index in [0.29, 0.717) is 22.4 Å². The van der Waals surface area contributed by atoms with Gasteiger partial charge in [0.15, 0.2) is 0 Å². The summed E-state index contributed by atoms with van der Waals surface area (Å²) in [6.45, 7) is 5.68. The number of carbonyl (C=O) groups excluding carboxylic acids is 2. The van der Waals surface area contributed by atoms with Crippen molar-refractivity contribution < 1.29 is 14.1 Å². The number of anilines is 1. The highest BCUT2D eigenvalue weighted by Gasteiger charge is 2.23. The molecule has 0 bridgehead atoms. The van der Waals surface area contributed by atoms with Gasteiger partial charge < -0.3 is 14.7 Å². The van der Waals surface area contributed by atoms with E-state index in [4.69, 9.17) is 4.52 Å². The first kappa shape index (κ1) is 20.9. The Morgan fingerprint density at radius 2 is 2.00 bits per heavy atom. The molecule has 1 N–H and O–H groups in total. The second-order valence-electron chi connectivity index (χ2n) is 7.11. The quantitative estimate of drug-likeness (QED) is 0.614. The summed E-state index contributed by atoms with van der Waals surface area (Å²) in [5.41, 5.74) is 2.84. The molecule has 0 aliphatic heterocycles. The van der Waals surface area contributed by atoms with Crippen LogP contribution in [0.1, 0.15) is 41.5 Å². The average molecular weight is 413 g/mol. The second kappa shape index (κ2) is 8.65. The largest absolute Gasteiger partial charge is 0.336 e. The molecule has 0 aliphatic carbocycles. The molecular weight excluding hydrogens is 388 g/mol. The van der Waals surface area contributed by atoms with Gasteiger partial charge in [-0.2, -0.15) is 0 Å². The lowest BCUT2D eigenvalue weighted by molar-refractivity contribution is -0.116. The van der Waals surface area contributed by atoms with E-state index in [0.717, 1.165) is 16.3 Å². The molecule has 3 aromatic rings. The standard InChI is InChI=1S/C21H24N4O3S/c1-12(2)16-10-14(19-13(3)24-28-20(19)23-16)21(27)25(4)11-18(26)22-15-8-6-7-9-17(15)29-5/h6-10,12H,11H2,1-5H3,(H,22,26). The lowest BCUT2D eigenvalue weighted by Gasteiger charge is -2.18. The zero-order chi connectivity index (χ0) is 21.1. The third kappa shape index (κ3) is 4.42. The number of fused-ring (bicyclic) bond motifs is 1. The Balaban J connectivity index is 1.83. The number of pyridine rings is 1. The smallest absolute Gasteiger partial charge is 0.259 e.